The van der Waals surface area contributed by atoms with E-state index in [1.807, 2.05) is 0 Å². The van der Waals surface area contributed by atoms with Gasteiger partial charge in [-0.15, -0.1) is 11.3 Å². The van der Waals surface area contributed by atoms with E-state index < -0.39 is 18.6 Å². The van der Waals surface area contributed by atoms with Gasteiger partial charge in [-0.25, -0.2) is 0 Å². The lowest BCUT2D eigenvalue weighted by atomic mass is 10.2. The highest BCUT2D eigenvalue weighted by atomic mass is 35.5. The van der Waals surface area contributed by atoms with Crippen molar-refractivity contribution < 1.29 is 22.8 Å². The van der Waals surface area contributed by atoms with E-state index in [0.29, 0.717) is 9.21 Å². The van der Waals surface area contributed by atoms with Gasteiger partial charge in [-0.1, -0.05) is 11.6 Å². The zero-order valence-electron chi connectivity index (χ0n) is 9.01. The molecular formula is C10H9ClF3NO2S. The number of Topliss-reactive ketones (excluding diaryl/α,β-unsaturated/α-hetero) is 1. The maximum absolute atomic E-state index is 11.8. The van der Waals surface area contributed by atoms with E-state index in [4.69, 9.17) is 11.6 Å². The molecule has 0 radical (unpaired) electrons. The average Bonchev–Trinajstić information content (AvgIpc) is 2.69. The molecule has 1 N–H and O–H groups in total. The molecule has 3 nitrogen and oxygen atoms in total. The average molecular weight is 300 g/mol. The predicted molar refractivity (Wildman–Crippen MR) is 62.0 cm³/mol. The maximum atomic E-state index is 11.8. The summed E-state index contributed by atoms with van der Waals surface area (Å²) in [6, 6.07) is 3.06. The Labute approximate surface area is 110 Å². The van der Waals surface area contributed by atoms with Gasteiger partial charge in [-0.3, -0.25) is 9.59 Å². The third-order valence-corrected chi connectivity index (χ3v) is 3.19. The summed E-state index contributed by atoms with van der Waals surface area (Å²) in [4.78, 5) is 23.0. The van der Waals surface area contributed by atoms with Crippen LogP contribution in [0.5, 0.6) is 0 Å². The molecule has 0 aliphatic carbocycles. The molecule has 1 rings (SSSR count). The number of carbonyl (C=O) groups excluding carboxylic acids is 2. The van der Waals surface area contributed by atoms with Crippen molar-refractivity contribution in [3.8, 4) is 0 Å². The van der Waals surface area contributed by atoms with Crippen LogP contribution in [0.4, 0.5) is 13.2 Å². The summed E-state index contributed by atoms with van der Waals surface area (Å²) in [6.07, 6.45) is -4.86. The lowest BCUT2D eigenvalue weighted by Crippen LogP contribution is -2.33. The van der Waals surface area contributed by atoms with Gasteiger partial charge in [0.1, 0.15) is 6.54 Å². The lowest BCUT2D eigenvalue weighted by Gasteiger charge is -2.07. The highest BCUT2D eigenvalue weighted by Crippen LogP contribution is 2.22. The number of carbonyl (C=O) groups is 2. The topological polar surface area (TPSA) is 46.2 Å². The fourth-order valence-corrected chi connectivity index (χ4v) is 2.11. The van der Waals surface area contributed by atoms with Crippen molar-refractivity contribution in [3.63, 3.8) is 0 Å². The number of thiophene rings is 1. The molecule has 0 saturated heterocycles. The zero-order chi connectivity index (χ0) is 13.8. The van der Waals surface area contributed by atoms with Crippen molar-refractivity contribution in [2.45, 2.75) is 19.0 Å². The molecule has 1 amide bonds. The van der Waals surface area contributed by atoms with Crippen LogP contribution in [0.25, 0.3) is 0 Å². The predicted octanol–water partition coefficient (Wildman–Crippen LogP) is 3.04. The first-order chi connectivity index (χ1) is 8.28. The van der Waals surface area contributed by atoms with Crippen LogP contribution in [0.15, 0.2) is 12.1 Å². The standard InChI is InChI=1S/C10H9ClF3NO2S/c11-8-3-2-7(18-8)6(16)1-4-9(17)15-5-10(12,13)14/h2-3H,1,4-5H2,(H,15,17). The third kappa shape index (κ3) is 5.50. The number of amides is 1. The van der Waals surface area contributed by atoms with Gasteiger partial charge in [-0.05, 0) is 12.1 Å². The van der Waals surface area contributed by atoms with Crippen LogP contribution in [0, 0.1) is 0 Å². The van der Waals surface area contributed by atoms with Crippen molar-refractivity contribution in [1.82, 2.24) is 5.32 Å². The molecular weight excluding hydrogens is 291 g/mol. The Morgan fingerprint density at radius 2 is 1.94 bits per heavy atom. The minimum atomic E-state index is -4.44. The van der Waals surface area contributed by atoms with E-state index in [1.54, 1.807) is 11.4 Å². The number of nitrogens with one attached hydrogen (secondary N) is 1. The molecule has 1 aromatic heterocycles. The largest absolute Gasteiger partial charge is 0.405 e. The highest BCUT2D eigenvalue weighted by molar-refractivity contribution is 7.18. The second-order valence-corrected chi connectivity index (χ2v) is 5.13. The van der Waals surface area contributed by atoms with Crippen LogP contribution in [0.1, 0.15) is 22.5 Å². The quantitative estimate of drug-likeness (QED) is 0.850. The Morgan fingerprint density at radius 3 is 2.44 bits per heavy atom. The molecule has 0 bridgehead atoms. The number of rotatable bonds is 5. The molecule has 0 fully saturated rings. The van der Waals surface area contributed by atoms with Crippen LogP contribution in [-0.2, 0) is 4.79 Å². The van der Waals surface area contributed by atoms with Crippen molar-refractivity contribution in [1.29, 1.82) is 0 Å². The molecule has 0 atom stereocenters. The Kier molecular flexibility index (Phi) is 5.15. The minimum absolute atomic E-state index is 0.138. The van der Waals surface area contributed by atoms with Gasteiger partial charge in [-0.2, -0.15) is 13.2 Å². The summed E-state index contributed by atoms with van der Waals surface area (Å²) in [5.41, 5.74) is 0. The fourth-order valence-electron chi connectivity index (χ4n) is 1.10. The molecule has 18 heavy (non-hydrogen) atoms. The molecule has 0 aromatic carbocycles. The number of halogens is 4. The molecule has 0 spiro atoms. The molecule has 0 saturated carbocycles. The molecule has 1 aromatic rings. The van der Waals surface area contributed by atoms with Crippen molar-refractivity contribution >= 4 is 34.6 Å². The Balaban J connectivity index is 2.33. The van der Waals surface area contributed by atoms with Crippen LogP contribution < -0.4 is 5.32 Å². The summed E-state index contributed by atoms with van der Waals surface area (Å²) in [5.74, 6) is -1.11. The first-order valence-corrected chi connectivity index (χ1v) is 6.09. The monoisotopic (exact) mass is 299 g/mol. The molecule has 0 unspecified atom stereocenters. The van der Waals surface area contributed by atoms with Crippen LogP contribution in [-0.4, -0.2) is 24.4 Å². The number of hydrogen-bond donors (Lipinski definition) is 1. The molecule has 0 aliphatic rings. The van der Waals surface area contributed by atoms with E-state index in [0.717, 1.165) is 11.3 Å². The van der Waals surface area contributed by atoms with Crippen molar-refractivity contribution in [2.75, 3.05) is 6.54 Å². The van der Waals surface area contributed by atoms with Crippen LogP contribution in [0.2, 0.25) is 4.34 Å². The highest BCUT2D eigenvalue weighted by Gasteiger charge is 2.27. The number of alkyl halides is 3. The van der Waals surface area contributed by atoms with Crippen LogP contribution >= 0.6 is 22.9 Å². The fraction of sp³-hybridized carbons (Fsp3) is 0.400. The van der Waals surface area contributed by atoms with Crippen LogP contribution in [0.3, 0.4) is 0 Å². The first kappa shape index (κ1) is 15.0. The van der Waals surface area contributed by atoms with Gasteiger partial charge in [0.2, 0.25) is 5.91 Å². The van der Waals surface area contributed by atoms with E-state index in [9.17, 15) is 22.8 Å². The van der Waals surface area contributed by atoms with Gasteiger partial charge in [0.25, 0.3) is 0 Å². The van der Waals surface area contributed by atoms with E-state index in [1.165, 1.54) is 6.07 Å². The summed E-state index contributed by atoms with van der Waals surface area (Å²) in [5, 5.41) is 1.70. The van der Waals surface area contributed by atoms with Gasteiger partial charge < -0.3 is 5.32 Å². The van der Waals surface area contributed by atoms with Gasteiger partial charge in [0, 0.05) is 12.8 Å². The summed E-state index contributed by atoms with van der Waals surface area (Å²) >= 11 is 6.70. The second kappa shape index (κ2) is 6.19. The van der Waals surface area contributed by atoms with E-state index >= 15 is 0 Å². The zero-order valence-corrected chi connectivity index (χ0v) is 10.6. The minimum Gasteiger partial charge on any atom is -0.347 e. The summed E-state index contributed by atoms with van der Waals surface area (Å²) in [7, 11) is 0. The Morgan fingerprint density at radius 1 is 1.28 bits per heavy atom. The van der Waals surface area contributed by atoms with Gasteiger partial charge >= 0.3 is 6.18 Å². The number of hydrogen-bond acceptors (Lipinski definition) is 3. The Hall–Kier alpha value is -1.08. The molecule has 0 aliphatic heterocycles. The van der Waals surface area contributed by atoms with Crippen molar-refractivity contribution in [2.24, 2.45) is 0 Å². The summed E-state index contributed by atoms with van der Waals surface area (Å²) in [6.45, 7) is -1.38. The van der Waals surface area contributed by atoms with E-state index in [2.05, 4.69) is 0 Å². The van der Waals surface area contributed by atoms with Crippen molar-refractivity contribution in [3.05, 3.63) is 21.3 Å². The van der Waals surface area contributed by atoms with Gasteiger partial charge in [0.15, 0.2) is 5.78 Å². The maximum Gasteiger partial charge on any atom is 0.405 e. The number of ketones is 1. The molecule has 100 valence electrons. The molecule has 1 heterocycles. The summed E-state index contributed by atoms with van der Waals surface area (Å²) < 4.78 is 35.8. The smallest absolute Gasteiger partial charge is 0.347 e. The first-order valence-electron chi connectivity index (χ1n) is 4.90. The van der Waals surface area contributed by atoms with E-state index in [-0.39, 0.29) is 18.6 Å². The second-order valence-electron chi connectivity index (χ2n) is 3.42. The molecule has 8 heteroatoms. The Bertz CT molecular complexity index is 445. The lowest BCUT2D eigenvalue weighted by molar-refractivity contribution is -0.138. The van der Waals surface area contributed by atoms with Gasteiger partial charge in [0.05, 0.1) is 9.21 Å². The SMILES string of the molecule is O=C(CCC(=O)c1ccc(Cl)s1)NCC(F)(F)F. The third-order valence-electron chi connectivity index (χ3n) is 1.91. The normalized spacial score (nSPS) is 11.3.